The van der Waals surface area contributed by atoms with Crippen LogP contribution in [0.3, 0.4) is 0 Å². The molecule has 1 aliphatic rings. The Hall–Kier alpha value is -0.490. The number of hydrogen-bond donors (Lipinski definition) is 0. The third-order valence-corrected chi connectivity index (χ3v) is 5.41. The molecule has 16 heavy (non-hydrogen) atoms. The van der Waals surface area contributed by atoms with Crippen molar-refractivity contribution in [3.8, 4) is 0 Å². The summed E-state index contributed by atoms with van der Waals surface area (Å²) in [5.41, 5.74) is 0. The third kappa shape index (κ3) is 2.79. The van der Waals surface area contributed by atoms with Crippen molar-refractivity contribution in [2.45, 2.75) is 30.8 Å². The maximum Gasteiger partial charge on any atom is 0.234 e. The van der Waals surface area contributed by atoms with Gasteiger partial charge in [0.1, 0.15) is 5.78 Å². The van der Waals surface area contributed by atoms with E-state index in [1.165, 1.54) is 12.7 Å². The minimum atomic E-state index is 0.0499. The van der Waals surface area contributed by atoms with Crippen molar-refractivity contribution >= 4 is 29.3 Å². The predicted octanol–water partition coefficient (Wildman–Crippen LogP) is 2.11. The molecule has 1 aromatic heterocycles. The van der Waals surface area contributed by atoms with Crippen LogP contribution in [0.2, 0.25) is 0 Å². The first-order valence-electron chi connectivity index (χ1n) is 5.22. The fraction of sp³-hybridized carbons (Fsp3) is 0.700. The van der Waals surface area contributed by atoms with Crippen LogP contribution in [0.4, 0.5) is 0 Å². The highest BCUT2D eigenvalue weighted by Gasteiger charge is 2.28. The summed E-state index contributed by atoms with van der Waals surface area (Å²) in [5.74, 6) is 3.53. The van der Waals surface area contributed by atoms with Crippen LogP contribution in [0, 0.1) is 0 Å². The van der Waals surface area contributed by atoms with Crippen molar-refractivity contribution in [3.63, 3.8) is 0 Å². The molecule has 6 heteroatoms. The topological polar surface area (TPSA) is 56.0 Å². The second-order valence-electron chi connectivity index (χ2n) is 3.79. The van der Waals surface area contributed by atoms with Crippen LogP contribution in [0.5, 0.6) is 0 Å². The number of nitrogens with zero attached hydrogens (tertiary/aromatic N) is 2. The van der Waals surface area contributed by atoms with Gasteiger partial charge in [-0.25, -0.2) is 0 Å². The lowest BCUT2D eigenvalue weighted by Crippen LogP contribution is -2.16. The Morgan fingerprint density at radius 2 is 2.25 bits per heavy atom. The summed E-state index contributed by atoms with van der Waals surface area (Å²) in [4.78, 5) is 15.2. The summed E-state index contributed by atoms with van der Waals surface area (Å²) in [7, 11) is 0. The van der Waals surface area contributed by atoms with Gasteiger partial charge in [-0.15, -0.1) is 11.8 Å². The van der Waals surface area contributed by atoms with Gasteiger partial charge < -0.3 is 4.52 Å². The van der Waals surface area contributed by atoms with Crippen LogP contribution in [-0.4, -0.2) is 32.7 Å². The van der Waals surface area contributed by atoms with Gasteiger partial charge in [0.25, 0.3) is 0 Å². The molecule has 0 saturated carbocycles. The Morgan fingerprint density at radius 1 is 1.50 bits per heavy atom. The summed E-state index contributed by atoms with van der Waals surface area (Å²) < 4.78 is 5.07. The van der Waals surface area contributed by atoms with Crippen molar-refractivity contribution in [1.82, 2.24) is 10.1 Å². The average Bonchev–Trinajstić information content (AvgIpc) is 2.66. The van der Waals surface area contributed by atoms with Crippen molar-refractivity contribution in [2.24, 2.45) is 0 Å². The first-order valence-corrected chi connectivity index (χ1v) is 7.31. The molecule has 1 aromatic rings. The number of hydrogen-bond acceptors (Lipinski definition) is 6. The van der Waals surface area contributed by atoms with E-state index in [2.05, 4.69) is 17.1 Å². The largest absolute Gasteiger partial charge is 0.339 e. The zero-order valence-electron chi connectivity index (χ0n) is 9.30. The van der Waals surface area contributed by atoms with Crippen molar-refractivity contribution in [2.75, 3.05) is 11.5 Å². The van der Waals surface area contributed by atoms with Gasteiger partial charge in [0.2, 0.25) is 5.89 Å². The summed E-state index contributed by atoms with van der Waals surface area (Å²) in [6.45, 7) is 3.71. The molecule has 2 heterocycles. The smallest absolute Gasteiger partial charge is 0.234 e. The molecule has 0 spiro atoms. The first kappa shape index (κ1) is 12.0. The summed E-state index contributed by atoms with van der Waals surface area (Å²) in [6, 6.07) is 0. The zero-order valence-corrected chi connectivity index (χ0v) is 10.9. The normalized spacial score (nSPS) is 25.6. The second kappa shape index (κ2) is 5.23. The zero-order chi connectivity index (χ0) is 11.5. The number of Topliss-reactive ketones (excluding diaryl/α,β-unsaturated/α-hetero) is 1. The molecule has 1 fully saturated rings. The van der Waals surface area contributed by atoms with Crippen LogP contribution in [0.15, 0.2) is 4.52 Å². The Labute approximate surface area is 103 Å². The van der Waals surface area contributed by atoms with E-state index in [0.717, 1.165) is 11.6 Å². The molecule has 2 unspecified atom stereocenters. The molecule has 2 rings (SSSR count). The van der Waals surface area contributed by atoms with Crippen molar-refractivity contribution in [1.29, 1.82) is 0 Å². The third-order valence-electron chi connectivity index (χ3n) is 2.33. The van der Waals surface area contributed by atoms with Gasteiger partial charge in [-0.05, 0) is 6.92 Å². The number of ketones is 1. The molecule has 0 amide bonds. The van der Waals surface area contributed by atoms with Crippen LogP contribution in [-0.2, 0) is 11.2 Å². The second-order valence-corrected chi connectivity index (χ2v) is 6.53. The van der Waals surface area contributed by atoms with E-state index in [0.29, 0.717) is 16.4 Å². The molecule has 4 nitrogen and oxygen atoms in total. The van der Waals surface area contributed by atoms with E-state index in [9.17, 15) is 4.79 Å². The monoisotopic (exact) mass is 258 g/mol. The lowest BCUT2D eigenvalue weighted by molar-refractivity contribution is -0.116. The van der Waals surface area contributed by atoms with E-state index in [1.807, 2.05) is 23.5 Å². The van der Waals surface area contributed by atoms with Gasteiger partial charge in [0, 0.05) is 16.8 Å². The Bertz CT molecular complexity index is 381. The SMILES string of the molecule is CC(=O)Cc1nc(C2SCCSC2C)no1. The number of carbonyl (C=O) groups is 1. The summed E-state index contributed by atoms with van der Waals surface area (Å²) >= 11 is 3.80. The van der Waals surface area contributed by atoms with Gasteiger partial charge in [-0.2, -0.15) is 16.7 Å². The molecule has 0 N–H and O–H groups in total. The molecule has 0 radical (unpaired) electrons. The summed E-state index contributed by atoms with van der Waals surface area (Å²) in [5, 5.41) is 4.77. The minimum absolute atomic E-state index is 0.0499. The fourth-order valence-electron chi connectivity index (χ4n) is 1.58. The Balaban J connectivity index is 2.08. The lowest BCUT2D eigenvalue weighted by Gasteiger charge is -2.24. The average molecular weight is 258 g/mol. The minimum Gasteiger partial charge on any atom is -0.339 e. The Morgan fingerprint density at radius 3 is 2.94 bits per heavy atom. The van der Waals surface area contributed by atoms with Crippen LogP contribution >= 0.6 is 23.5 Å². The number of aromatic nitrogens is 2. The van der Waals surface area contributed by atoms with E-state index in [4.69, 9.17) is 4.52 Å². The summed E-state index contributed by atoms with van der Waals surface area (Å²) in [6.07, 6.45) is 0.242. The van der Waals surface area contributed by atoms with Gasteiger partial charge >= 0.3 is 0 Å². The van der Waals surface area contributed by atoms with E-state index >= 15 is 0 Å². The van der Waals surface area contributed by atoms with E-state index in [1.54, 1.807) is 0 Å². The first-order chi connectivity index (χ1) is 7.66. The van der Waals surface area contributed by atoms with Crippen LogP contribution in [0.1, 0.15) is 30.8 Å². The van der Waals surface area contributed by atoms with Gasteiger partial charge in [0.05, 0.1) is 11.7 Å². The molecule has 0 bridgehead atoms. The molecule has 2 atom stereocenters. The highest BCUT2D eigenvalue weighted by molar-refractivity contribution is 8.06. The number of rotatable bonds is 3. The lowest BCUT2D eigenvalue weighted by atomic mass is 10.3. The molecule has 88 valence electrons. The van der Waals surface area contributed by atoms with Gasteiger partial charge in [-0.1, -0.05) is 12.1 Å². The molecule has 1 aliphatic heterocycles. The molecular weight excluding hydrogens is 244 g/mol. The van der Waals surface area contributed by atoms with Gasteiger partial charge in [-0.3, -0.25) is 4.79 Å². The predicted molar refractivity (Wildman–Crippen MR) is 65.8 cm³/mol. The maximum absolute atomic E-state index is 10.9. The quantitative estimate of drug-likeness (QED) is 0.827. The highest BCUT2D eigenvalue weighted by Crippen LogP contribution is 2.41. The molecule has 1 saturated heterocycles. The highest BCUT2D eigenvalue weighted by atomic mass is 32.2. The molecule has 0 aromatic carbocycles. The molecule has 0 aliphatic carbocycles. The van der Waals surface area contributed by atoms with E-state index in [-0.39, 0.29) is 12.2 Å². The number of thioether (sulfide) groups is 2. The number of carbonyl (C=O) groups excluding carboxylic acids is 1. The van der Waals surface area contributed by atoms with Crippen molar-refractivity contribution in [3.05, 3.63) is 11.7 Å². The molecular formula is C10H14N2O2S2. The Kier molecular flexibility index (Phi) is 3.91. The van der Waals surface area contributed by atoms with Crippen LogP contribution in [0.25, 0.3) is 0 Å². The van der Waals surface area contributed by atoms with E-state index < -0.39 is 0 Å². The fourth-order valence-corrected chi connectivity index (χ4v) is 4.26. The van der Waals surface area contributed by atoms with Crippen molar-refractivity contribution < 1.29 is 9.32 Å². The maximum atomic E-state index is 10.9. The van der Waals surface area contributed by atoms with Gasteiger partial charge in [0.15, 0.2) is 5.82 Å². The standard InChI is InChI=1S/C10H14N2O2S2/c1-6(13)5-8-11-10(12-14-8)9-7(2)15-3-4-16-9/h7,9H,3-5H2,1-2H3. The van der Waals surface area contributed by atoms with Crippen LogP contribution < -0.4 is 0 Å².